The van der Waals surface area contributed by atoms with E-state index in [4.69, 9.17) is 0 Å². The first kappa shape index (κ1) is 17.8. The molecule has 1 aliphatic heterocycles. The number of nitrogens with zero attached hydrogens (tertiary/aromatic N) is 1. The maximum Gasteiger partial charge on any atom is 0.294 e. The molecule has 0 spiro atoms. The summed E-state index contributed by atoms with van der Waals surface area (Å²) in [6.07, 6.45) is 1.64. The first-order valence-electron chi connectivity index (χ1n) is 7.83. The number of phenolic OH excluding ortho intramolecular Hbond substituents is 1. The molecule has 26 heavy (non-hydrogen) atoms. The Balaban J connectivity index is 1.69. The molecule has 0 bridgehead atoms. The van der Waals surface area contributed by atoms with Crippen LogP contribution >= 0.6 is 11.8 Å². The quantitative estimate of drug-likeness (QED) is 0.808. The second kappa shape index (κ2) is 7.45. The number of anilines is 1. The molecule has 0 aliphatic carbocycles. The van der Waals surface area contributed by atoms with Crippen molar-refractivity contribution in [2.24, 2.45) is 0 Å². The summed E-state index contributed by atoms with van der Waals surface area (Å²) in [4.78, 5) is 37.8. The molecule has 0 saturated carbocycles. The summed E-state index contributed by atoms with van der Waals surface area (Å²) in [5.74, 6) is -1.00. The van der Waals surface area contributed by atoms with Crippen LogP contribution in [0.25, 0.3) is 6.08 Å². The third kappa shape index (κ3) is 4.12. The normalized spacial score (nSPS) is 15.6. The highest BCUT2D eigenvalue weighted by molar-refractivity contribution is 8.18. The van der Waals surface area contributed by atoms with Crippen LogP contribution in [0.4, 0.5) is 10.5 Å². The van der Waals surface area contributed by atoms with Crippen molar-refractivity contribution >= 4 is 40.6 Å². The van der Waals surface area contributed by atoms with Crippen molar-refractivity contribution in [1.82, 2.24) is 4.90 Å². The van der Waals surface area contributed by atoms with E-state index < -0.39 is 17.1 Å². The van der Waals surface area contributed by atoms with Gasteiger partial charge in [0.15, 0.2) is 0 Å². The molecule has 1 fully saturated rings. The zero-order valence-electron chi connectivity index (χ0n) is 13.9. The van der Waals surface area contributed by atoms with Crippen molar-refractivity contribution in [1.29, 1.82) is 0 Å². The lowest BCUT2D eigenvalue weighted by atomic mass is 10.1. The standard InChI is InChI=1S/C19H16N2O4S/c1-12-5-7-13(8-6-12)9-16-18(24)21(19(25)26-16)11-17(23)20-14-3-2-4-15(22)10-14/h2-10,22H,11H2,1H3,(H,20,23)/b16-9-. The van der Waals surface area contributed by atoms with Crippen LogP contribution in [0.1, 0.15) is 11.1 Å². The molecule has 1 aliphatic rings. The summed E-state index contributed by atoms with van der Waals surface area (Å²) in [6, 6.07) is 13.6. The highest BCUT2D eigenvalue weighted by atomic mass is 32.2. The van der Waals surface area contributed by atoms with Crippen molar-refractivity contribution < 1.29 is 19.5 Å². The number of carbonyl (C=O) groups excluding carboxylic acids is 3. The molecule has 6 nitrogen and oxygen atoms in total. The molecular formula is C19H16N2O4S. The fraction of sp³-hybridized carbons (Fsp3) is 0.105. The minimum absolute atomic E-state index is 0.00926. The largest absolute Gasteiger partial charge is 0.508 e. The number of benzene rings is 2. The van der Waals surface area contributed by atoms with E-state index in [-0.39, 0.29) is 17.2 Å². The molecule has 1 heterocycles. The number of aromatic hydroxyl groups is 1. The van der Waals surface area contributed by atoms with Gasteiger partial charge in [0, 0.05) is 11.8 Å². The summed E-state index contributed by atoms with van der Waals surface area (Å²) >= 11 is 0.810. The lowest BCUT2D eigenvalue weighted by Gasteiger charge is -2.12. The van der Waals surface area contributed by atoms with E-state index >= 15 is 0 Å². The van der Waals surface area contributed by atoms with Crippen LogP contribution in [0.2, 0.25) is 0 Å². The number of rotatable bonds is 4. The highest BCUT2D eigenvalue weighted by Crippen LogP contribution is 2.32. The Labute approximate surface area is 154 Å². The topological polar surface area (TPSA) is 86.7 Å². The Morgan fingerprint density at radius 3 is 2.62 bits per heavy atom. The maximum atomic E-state index is 12.4. The van der Waals surface area contributed by atoms with Crippen molar-refractivity contribution in [2.75, 3.05) is 11.9 Å². The Morgan fingerprint density at radius 2 is 1.92 bits per heavy atom. The Morgan fingerprint density at radius 1 is 1.19 bits per heavy atom. The molecule has 0 atom stereocenters. The second-order valence-corrected chi connectivity index (χ2v) is 6.77. The monoisotopic (exact) mass is 368 g/mol. The number of hydrogen-bond acceptors (Lipinski definition) is 5. The molecular weight excluding hydrogens is 352 g/mol. The Bertz CT molecular complexity index is 906. The number of nitrogens with one attached hydrogen (secondary N) is 1. The van der Waals surface area contributed by atoms with Crippen LogP contribution in [0, 0.1) is 6.92 Å². The third-order valence-electron chi connectivity index (χ3n) is 3.68. The van der Waals surface area contributed by atoms with Gasteiger partial charge in [0.25, 0.3) is 11.1 Å². The fourth-order valence-corrected chi connectivity index (χ4v) is 3.22. The second-order valence-electron chi connectivity index (χ2n) is 5.78. The minimum atomic E-state index is -0.519. The minimum Gasteiger partial charge on any atom is -0.508 e. The van der Waals surface area contributed by atoms with Crippen LogP contribution < -0.4 is 5.32 Å². The number of carbonyl (C=O) groups is 3. The number of aryl methyl sites for hydroxylation is 1. The van der Waals surface area contributed by atoms with E-state index in [1.807, 2.05) is 31.2 Å². The zero-order chi connectivity index (χ0) is 18.7. The highest BCUT2D eigenvalue weighted by Gasteiger charge is 2.36. The molecule has 7 heteroatoms. The van der Waals surface area contributed by atoms with Crippen LogP contribution in [-0.4, -0.2) is 33.6 Å². The number of phenols is 1. The van der Waals surface area contributed by atoms with Gasteiger partial charge in [0.1, 0.15) is 12.3 Å². The van der Waals surface area contributed by atoms with Crippen LogP contribution in [-0.2, 0) is 9.59 Å². The first-order valence-corrected chi connectivity index (χ1v) is 8.65. The number of thioether (sulfide) groups is 1. The van der Waals surface area contributed by atoms with Crippen molar-refractivity contribution in [3.8, 4) is 5.75 Å². The molecule has 1 saturated heterocycles. The average molecular weight is 368 g/mol. The number of imide groups is 1. The van der Waals surface area contributed by atoms with Crippen LogP contribution in [0.15, 0.2) is 53.4 Å². The lowest BCUT2D eigenvalue weighted by molar-refractivity contribution is -0.127. The molecule has 0 unspecified atom stereocenters. The molecule has 2 N–H and O–H groups in total. The SMILES string of the molecule is Cc1ccc(/C=C2\SC(=O)N(CC(=O)Nc3cccc(O)c3)C2=O)cc1. The van der Waals surface area contributed by atoms with Gasteiger partial charge in [0.2, 0.25) is 5.91 Å². The molecule has 0 radical (unpaired) electrons. The van der Waals surface area contributed by atoms with Gasteiger partial charge in [-0.25, -0.2) is 0 Å². The summed E-state index contributed by atoms with van der Waals surface area (Å²) in [7, 11) is 0. The zero-order valence-corrected chi connectivity index (χ0v) is 14.7. The maximum absolute atomic E-state index is 12.4. The van der Waals surface area contributed by atoms with E-state index in [1.165, 1.54) is 12.1 Å². The molecule has 2 aromatic carbocycles. The van der Waals surface area contributed by atoms with E-state index in [1.54, 1.807) is 18.2 Å². The lowest BCUT2D eigenvalue weighted by Crippen LogP contribution is -2.36. The number of amides is 3. The van der Waals surface area contributed by atoms with Gasteiger partial charge in [-0.05, 0) is 42.5 Å². The average Bonchev–Trinajstić information content (AvgIpc) is 2.84. The Hall–Kier alpha value is -3.06. The van der Waals surface area contributed by atoms with Gasteiger partial charge in [-0.15, -0.1) is 0 Å². The van der Waals surface area contributed by atoms with E-state index in [2.05, 4.69) is 5.32 Å². The molecule has 0 aromatic heterocycles. The van der Waals surface area contributed by atoms with Crippen molar-refractivity contribution in [2.45, 2.75) is 6.92 Å². The summed E-state index contributed by atoms with van der Waals surface area (Å²) in [5, 5.41) is 11.5. The van der Waals surface area contributed by atoms with E-state index in [0.717, 1.165) is 27.8 Å². The molecule has 2 aromatic rings. The van der Waals surface area contributed by atoms with Gasteiger partial charge in [-0.1, -0.05) is 35.9 Å². The Kier molecular flexibility index (Phi) is 5.09. The van der Waals surface area contributed by atoms with Gasteiger partial charge in [-0.2, -0.15) is 0 Å². The van der Waals surface area contributed by atoms with Crippen LogP contribution in [0.3, 0.4) is 0 Å². The number of hydrogen-bond donors (Lipinski definition) is 2. The smallest absolute Gasteiger partial charge is 0.294 e. The summed E-state index contributed by atoms with van der Waals surface area (Å²) in [5.41, 5.74) is 2.29. The van der Waals surface area contributed by atoms with Crippen molar-refractivity contribution in [3.63, 3.8) is 0 Å². The van der Waals surface area contributed by atoms with Gasteiger partial charge in [0.05, 0.1) is 4.91 Å². The van der Waals surface area contributed by atoms with Crippen LogP contribution in [0.5, 0.6) is 5.75 Å². The van der Waals surface area contributed by atoms with E-state index in [9.17, 15) is 19.5 Å². The van der Waals surface area contributed by atoms with Gasteiger partial charge in [-0.3, -0.25) is 19.3 Å². The fourth-order valence-electron chi connectivity index (χ4n) is 2.38. The molecule has 3 amide bonds. The van der Waals surface area contributed by atoms with Gasteiger partial charge < -0.3 is 10.4 Å². The third-order valence-corrected chi connectivity index (χ3v) is 4.59. The molecule has 3 rings (SSSR count). The first-order chi connectivity index (χ1) is 12.4. The predicted octanol–water partition coefficient (Wildman–Crippen LogP) is 3.38. The van der Waals surface area contributed by atoms with E-state index in [0.29, 0.717) is 5.69 Å². The predicted molar refractivity (Wildman–Crippen MR) is 101 cm³/mol. The van der Waals surface area contributed by atoms with Crippen molar-refractivity contribution in [3.05, 3.63) is 64.6 Å². The summed E-state index contributed by atoms with van der Waals surface area (Å²) in [6.45, 7) is 1.58. The molecule has 132 valence electrons. The van der Waals surface area contributed by atoms with Gasteiger partial charge >= 0.3 is 0 Å². The summed E-state index contributed by atoms with van der Waals surface area (Å²) < 4.78 is 0.